The Bertz CT molecular complexity index is 1060. The molecule has 5 rings (SSSR count). The molecule has 0 saturated heterocycles. The van der Waals surface area contributed by atoms with Gasteiger partial charge in [0.2, 0.25) is 5.78 Å². The summed E-state index contributed by atoms with van der Waals surface area (Å²) in [6.45, 7) is 2.09. The van der Waals surface area contributed by atoms with Crippen LogP contribution >= 0.6 is 0 Å². The van der Waals surface area contributed by atoms with Gasteiger partial charge in [0.05, 0.1) is 17.3 Å². The minimum absolute atomic E-state index is 0.0221. The second kappa shape index (κ2) is 4.26. The van der Waals surface area contributed by atoms with Crippen LogP contribution in [0.1, 0.15) is 34.6 Å². The zero-order valence-corrected chi connectivity index (χ0v) is 12.5. The fourth-order valence-electron chi connectivity index (χ4n) is 3.58. The fraction of sp³-hybridized carbons (Fsp3) is 0.105. The zero-order chi connectivity index (χ0) is 15.6. The lowest BCUT2D eigenvalue weighted by Gasteiger charge is -2.28. The molecule has 110 valence electrons. The van der Waals surface area contributed by atoms with Crippen molar-refractivity contribution in [3.05, 3.63) is 71.8 Å². The second-order valence-electron chi connectivity index (χ2n) is 5.93. The predicted octanol–water partition coefficient (Wildman–Crippen LogP) is 3.69. The van der Waals surface area contributed by atoms with Crippen molar-refractivity contribution in [2.75, 3.05) is 0 Å². The quantitative estimate of drug-likeness (QED) is 0.497. The molecule has 0 fully saturated rings. The third-order valence-electron chi connectivity index (χ3n) is 4.74. The summed E-state index contributed by atoms with van der Waals surface area (Å²) in [5.74, 6) is 0.0221. The molecule has 23 heavy (non-hydrogen) atoms. The van der Waals surface area contributed by atoms with E-state index >= 15 is 0 Å². The number of nitrogens with zero attached hydrogens (tertiary/aromatic N) is 3. The highest BCUT2D eigenvalue weighted by molar-refractivity contribution is 6.15. The maximum absolute atomic E-state index is 13.1. The van der Waals surface area contributed by atoms with Gasteiger partial charge in [0.1, 0.15) is 5.69 Å². The summed E-state index contributed by atoms with van der Waals surface area (Å²) in [4.78, 5) is 22.0. The van der Waals surface area contributed by atoms with Crippen molar-refractivity contribution in [1.29, 1.82) is 0 Å². The Morgan fingerprint density at radius 3 is 2.87 bits per heavy atom. The highest BCUT2D eigenvalue weighted by Crippen LogP contribution is 2.39. The monoisotopic (exact) mass is 299 g/mol. The minimum Gasteiger partial charge on any atom is -0.336 e. The summed E-state index contributed by atoms with van der Waals surface area (Å²) < 4.78 is 2.01. The topological polar surface area (TPSA) is 47.8 Å². The van der Waals surface area contributed by atoms with Crippen LogP contribution in [0.25, 0.3) is 22.2 Å². The molecule has 2 aromatic rings. The number of hydrogen-bond acceptors (Lipinski definition) is 3. The van der Waals surface area contributed by atoms with E-state index in [0.29, 0.717) is 5.69 Å². The smallest absolute Gasteiger partial charge is 0.212 e. The molecule has 0 aliphatic carbocycles. The molecule has 0 saturated carbocycles. The average molecular weight is 299 g/mol. The zero-order valence-electron chi connectivity index (χ0n) is 12.5. The van der Waals surface area contributed by atoms with Gasteiger partial charge in [0.25, 0.3) is 0 Å². The molecule has 4 nitrogen and oxygen atoms in total. The molecule has 0 bridgehead atoms. The molecule has 4 heteroatoms. The molecule has 4 heterocycles. The van der Waals surface area contributed by atoms with Crippen LogP contribution in [0, 0.1) is 0 Å². The number of carbonyl (C=O) groups is 1. The van der Waals surface area contributed by atoms with Crippen LogP contribution < -0.4 is 0 Å². The molecule has 0 spiro atoms. The van der Waals surface area contributed by atoms with Gasteiger partial charge in [-0.1, -0.05) is 18.2 Å². The SMILES string of the molecule is C[C@H]1c2cnccc2C(=O)c2c3nc4ccccc4c-3ccn21. The number of hydrogen-bond donors (Lipinski definition) is 0. The summed E-state index contributed by atoms with van der Waals surface area (Å²) in [7, 11) is 0. The first-order chi connectivity index (χ1) is 11.3. The van der Waals surface area contributed by atoms with Crippen LogP contribution in [0.3, 0.4) is 0 Å². The lowest BCUT2D eigenvalue weighted by molar-refractivity contribution is 0.102. The third kappa shape index (κ3) is 1.52. The lowest BCUT2D eigenvalue weighted by atomic mass is 9.91. The minimum atomic E-state index is 0.0221. The van der Waals surface area contributed by atoms with Gasteiger partial charge < -0.3 is 4.57 Å². The summed E-state index contributed by atoms with van der Waals surface area (Å²) in [5, 5.41) is 1.09. The molecule has 3 aliphatic rings. The van der Waals surface area contributed by atoms with Crippen LogP contribution in [0.5, 0.6) is 0 Å². The molecule has 0 N–H and O–H groups in total. The van der Waals surface area contributed by atoms with Gasteiger partial charge in [-0.2, -0.15) is 0 Å². The number of ketones is 1. The predicted molar refractivity (Wildman–Crippen MR) is 87.8 cm³/mol. The first-order valence-corrected chi connectivity index (χ1v) is 7.63. The van der Waals surface area contributed by atoms with E-state index in [1.165, 1.54) is 0 Å². The van der Waals surface area contributed by atoms with Crippen LogP contribution in [-0.4, -0.2) is 20.3 Å². The van der Waals surface area contributed by atoms with E-state index in [4.69, 9.17) is 4.98 Å². The number of rotatable bonds is 0. The number of para-hydroxylation sites is 1. The lowest BCUT2D eigenvalue weighted by Crippen LogP contribution is -2.26. The van der Waals surface area contributed by atoms with Gasteiger partial charge in [-0.15, -0.1) is 0 Å². The standard InChI is InChI=1S/C19H13N3O/c1-11-15-10-20-8-6-14(15)19(23)18-17-13(7-9-22(11)18)12-4-2-3-5-16(12)21-17/h2-11H,1H3/t11-/m0/s1. The number of aromatic nitrogens is 3. The van der Waals surface area contributed by atoms with E-state index < -0.39 is 0 Å². The van der Waals surface area contributed by atoms with E-state index in [1.807, 2.05) is 29.0 Å². The van der Waals surface area contributed by atoms with E-state index in [2.05, 4.69) is 24.0 Å². The molecule has 1 atom stereocenters. The molecule has 0 radical (unpaired) electrons. The van der Waals surface area contributed by atoms with E-state index in [9.17, 15) is 4.79 Å². The normalized spacial score (nSPS) is 16.6. The van der Waals surface area contributed by atoms with Crippen molar-refractivity contribution in [3.8, 4) is 11.3 Å². The van der Waals surface area contributed by atoms with Crippen molar-refractivity contribution in [2.24, 2.45) is 0 Å². The van der Waals surface area contributed by atoms with Gasteiger partial charge in [0, 0.05) is 40.7 Å². The Labute approximate surface area is 132 Å². The number of carbonyl (C=O) groups excluding carboxylic acids is 1. The average Bonchev–Trinajstić information content (AvgIpc) is 2.98. The van der Waals surface area contributed by atoms with Crippen LogP contribution in [-0.2, 0) is 0 Å². The summed E-state index contributed by atoms with van der Waals surface area (Å²) in [6, 6.07) is 11.9. The molecule has 1 aromatic heterocycles. The third-order valence-corrected chi connectivity index (χ3v) is 4.74. The van der Waals surface area contributed by atoms with Crippen molar-refractivity contribution in [1.82, 2.24) is 14.5 Å². The number of benzene rings is 1. The summed E-state index contributed by atoms with van der Waals surface area (Å²) >= 11 is 0. The van der Waals surface area contributed by atoms with Crippen molar-refractivity contribution in [3.63, 3.8) is 0 Å². The van der Waals surface area contributed by atoms with Gasteiger partial charge in [0.15, 0.2) is 0 Å². The van der Waals surface area contributed by atoms with Crippen molar-refractivity contribution < 1.29 is 4.79 Å². The molecule has 0 amide bonds. The number of fused-ring (bicyclic) bond motifs is 6. The van der Waals surface area contributed by atoms with E-state index in [0.717, 1.165) is 33.3 Å². The van der Waals surface area contributed by atoms with Gasteiger partial charge in [-0.05, 0) is 25.1 Å². The Morgan fingerprint density at radius 1 is 1.09 bits per heavy atom. The summed E-state index contributed by atoms with van der Waals surface area (Å²) in [6.07, 6.45) is 5.45. The molecule has 3 aliphatic heterocycles. The van der Waals surface area contributed by atoms with Crippen LogP contribution in [0.15, 0.2) is 55.0 Å². The van der Waals surface area contributed by atoms with Gasteiger partial charge in [-0.3, -0.25) is 9.78 Å². The van der Waals surface area contributed by atoms with Crippen LogP contribution in [0.4, 0.5) is 0 Å². The number of pyridine rings is 2. The maximum atomic E-state index is 13.1. The van der Waals surface area contributed by atoms with E-state index in [-0.39, 0.29) is 11.8 Å². The van der Waals surface area contributed by atoms with E-state index in [1.54, 1.807) is 18.5 Å². The Balaban J connectivity index is 1.89. The van der Waals surface area contributed by atoms with Gasteiger partial charge >= 0.3 is 0 Å². The fourth-order valence-corrected chi connectivity index (χ4v) is 3.58. The highest BCUT2D eigenvalue weighted by atomic mass is 16.1. The molecule has 0 unspecified atom stereocenters. The molecular weight excluding hydrogens is 286 g/mol. The second-order valence-corrected chi connectivity index (χ2v) is 5.93. The van der Waals surface area contributed by atoms with Crippen molar-refractivity contribution in [2.45, 2.75) is 13.0 Å². The highest BCUT2D eigenvalue weighted by Gasteiger charge is 2.32. The first-order valence-electron chi connectivity index (χ1n) is 7.63. The van der Waals surface area contributed by atoms with Crippen LogP contribution in [0.2, 0.25) is 0 Å². The Hall–Kier alpha value is -3.01. The Kier molecular flexibility index (Phi) is 2.32. The first kappa shape index (κ1) is 12.5. The Morgan fingerprint density at radius 2 is 1.96 bits per heavy atom. The molecule has 1 aromatic carbocycles. The molecular formula is C19H13N3O. The van der Waals surface area contributed by atoms with Gasteiger partial charge in [-0.25, -0.2) is 4.98 Å². The summed E-state index contributed by atoms with van der Waals surface area (Å²) in [5.41, 5.74) is 5.11. The van der Waals surface area contributed by atoms with Crippen molar-refractivity contribution >= 4 is 16.7 Å². The largest absolute Gasteiger partial charge is 0.336 e. The maximum Gasteiger partial charge on any atom is 0.212 e.